The van der Waals surface area contributed by atoms with E-state index in [4.69, 9.17) is 4.74 Å². The summed E-state index contributed by atoms with van der Waals surface area (Å²) in [6.07, 6.45) is 5.43. The first-order chi connectivity index (χ1) is 12.3. The zero-order chi connectivity index (χ0) is 16.8. The molecular weight excluding hydrogens is 318 g/mol. The van der Waals surface area contributed by atoms with Crippen molar-refractivity contribution in [1.82, 2.24) is 20.0 Å². The normalized spacial score (nSPS) is 25.1. The summed E-state index contributed by atoms with van der Waals surface area (Å²) >= 11 is 0. The average Bonchev–Trinajstić information content (AvgIpc) is 3.21. The number of nitrogens with one attached hydrogen (secondary N) is 1. The van der Waals surface area contributed by atoms with Gasteiger partial charge in [-0.05, 0) is 49.8 Å². The lowest BCUT2D eigenvalue weighted by molar-refractivity contribution is 0.182. The number of anilines is 1. The quantitative estimate of drug-likeness (QED) is 0.908. The van der Waals surface area contributed by atoms with Crippen molar-refractivity contribution in [2.24, 2.45) is 0 Å². The molecule has 2 aliphatic carbocycles. The molecule has 2 aromatic heterocycles. The minimum atomic E-state index is -0.122. The van der Waals surface area contributed by atoms with Crippen LogP contribution >= 0.6 is 0 Å². The number of hydrogen-bond donors (Lipinski definition) is 1. The van der Waals surface area contributed by atoms with E-state index < -0.39 is 0 Å². The molecule has 0 radical (unpaired) electrons. The van der Waals surface area contributed by atoms with Gasteiger partial charge in [0.1, 0.15) is 11.9 Å². The first-order valence-electron chi connectivity index (χ1n) is 9.07. The molecule has 0 spiro atoms. The molecule has 1 saturated heterocycles. The van der Waals surface area contributed by atoms with Gasteiger partial charge in [0, 0.05) is 12.0 Å². The van der Waals surface area contributed by atoms with E-state index in [0.717, 1.165) is 42.0 Å². The highest BCUT2D eigenvalue weighted by Gasteiger charge is 2.33. The molecule has 1 saturated carbocycles. The minimum absolute atomic E-state index is 0.0364. The summed E-state index contributed by atoms with van der Waals surface area (Å²) in [5.74, 6) is 1.32. The number of aryl methyl sites for hydroxylation is 2. The van der Waals surface area contributed by atoms with E-state index >= 15 is 0 Å². The van der Waals surface area contributed by atoms with E-state index in [2.05, 4.69) is 20.6 Å². The summed E-state index contributed by atoms with van der Waals surface area (Å²) in [4.78, 5) is 12.5. The maximum atomic E-state index is 12.5. The Bertz CT molecular complexity index is 844. The zero-order valence-corrected chi connectivity index (χ0v) is 14.0. The predicted molar refractivity (Wildman–Crippen MR) is 91.8 cm³/mol. The Kier molecular flexibility index (Phi) is 3.55. The Balaban J connectivity index is 1.37. The van der Waals surface area contributed by atoms with E-state index in [0.29, 0.717) is 19.1 Å². The van der Waals surface area contributed by atoms with Crippen molar-refractivity contribution in [3.63, 3.8) is 0 Å². The lowest BCUT2D eigenvalue weighted by Gasteiger charge is -2.21. The maximum absolute atomic E-state index is 12.5. The molecule has 0 bridgehead atoms. The molecule has 5 rings (SSSR count). The Morgan fingerprint density at radius 1 is 1.16 bits per heavy atom. The van der Waals surface area contributed by atoms with Crippen LogP contribution in [0.1, 0.15) is 48.2 Å². The zero-order valence-electron chi connectivity index (χ0n) is 14.0. The van der Waals surface area contributed by atoms with Gasteiger partial charge in [0.05, 0.1) is 30.6 Å². The summed E-state index contributed by atoms with van der Waals surface area (Å²) in [5, 5.41) is 16.6. The van der Waals surface area contributed by atoms with Crippen LogP contribution in [-0.2, 0) is 17.6 Å². The smallest absolute Gasteiger partial charge is 0.267 e. The second kappa shape index (κ2) is 5.91. The van der Waals surface area contributed by atoms with Gasteiger partial charge in [0.25, 0.3) is 5.56 Å². The number of ether oxygens (including phenoxy) is 1. The summed E-state index contributed by atoms with van der Waals surface area (Å²) < 4.78 is 7.23. The SMILES string of the molecule is O=c1cc2c(nn1C1COCC1Nc1ccc(C3CC3)nn1)CCC2. The van der Waals surface area contributed by atoms with Gasteiger partial charge in [0.2, 0.25) is 0 Å². The first kappa shape index (κ1) is 15.0. The van der Waals surface area contributed by atoms with Gasteiger partial charge < -0.3 is 10.1 Å². The molecule has 25 heavy (non-hydrogen) atoms. The standard InChI is InChI=1S/C18H21N5O2/c24-18-8-12-2-1-3-14(12)22-23(18)16-10-25-9-15(16)19-17-7-6-13(20-21-17)11-4-5-11/h6-8,11,15-16H,1-5,9-10H2,(H,19,21). The molecule has 2 atom stereocenters. The van der Waals surface area contributed by atoms with Gasteiger partial charge in [-0.3, -0.25) is 4.79 Å². The fourth-order valence-electron chi connectivity index (χ4n) is 3.78. The maximum Gasteiger partial charge on any atom is 0.267 e. The highest BCUT2D eigenvalue weighted by atomic mass is 16.5. The van der Waals surface area contributed by atoms with Gasteiger partial charge in [-0.2, -0.15) is 10.2 Å². The average molecular weight is 339 g/mol. The van der Waals surface area contributed by atoms with Crippen LogP contribution in [0.3, 0.4) is 0 Å². The van der Waals surface area contributed by atoms with Crippen LogP contribution in [0, 0.1) is 0 Å². The van der Waals surface area contributed by atoms with Crippen molar-refractivity contribution in [2.45, 2.75) is 50.1 Å². The van der Waals surface area contributed by atoms with Gasteiger partial charge in [-0.15, -0.1) is 5.10 Å². The second-order valence-corrected chi connectivity index (χ2v) is 7.23. The molecule has 3 aliphatic rings. The monoisotopic (exact) mass is 339 g/mol. The Labute approximate surface area is 145 Å². The van der Waals surface area contributed by atoms with Gasteiger partial charge in [-0.25, -0.2) is 4.68 Å². The van der Waals surface area contributed by atoms with E-state index in [1.54, 1.807) is 10.7 Å². The molecule has 7 heteroatoms. The number of rotatable bonds is 4. The van der Waals surface area contributed by atoms with Crippen molar-refractivity contribution in [2.75, 3.05) is 18.5 Å². The molecule has 2 aromatic rings. The van der Waals surface area contributed by atoms with Crippen LogP contribution in [-0.4, -0.2) is 39.2 Å². The molecule has 130 valence electrons. The number of fused-ring (bicyclic) bond motifs is 1. The van der Waals surface area contributed by atoms with Crippen molar-refractivity contribution in [1.29, 1.82) is 0 Å². The molecule has 1 N–H and O–H groups in total. The molecule has 3 heterocycles. The van der Waals surface area contributed by atoms with E-state index in [9.17, 15) is 4.79 Å². The van der Waals surface area contributed by atoms with Crippen molar-refractivity contribution in [3.05, 3.63) is 45.5 Å². The number of nitrogens with zero attached hydrogens (tertiary/aromatic N) is 4. The van der Waals surface area contributed by atoms with E-state index in [-0.39, 0.29) is 17.6 Å². The summed E-state index contributed by atoms with van der Waals surface area (Å²) in [5.41, 5.74) is 3.18. The molecule has 0 aromatic carbocycles. The molecule has 1 aliphatic heterocycles. The first-order valence-corrected chi connectivity index (χ1v) is 9.07. The lowest BCUT2D eigenvalue weighted by Crippen LogP contribution is -2.38. The molecule has 2 unspecified atom stereocenters. The predicted octanol–water partition coefficient (Wildman–Crippen LogP) is 1.45. The number of hydrogen-bond acceptors (Lipinski definition) is 6. The summed E-state index contributed by atoms with van der Waals surface area (Å²) in [6, 6.07) is 5.59. The second-order valence-electron chi connectivity index (χ2n) is 7.23. The Morgan fingerprint density at radius 3 is 2.88 bits per heavy atom. The van der Waals surface area contributed by atoms with Crippen molar-refractivity contribution in [3.8, 4) is 0 Å². The van der Waals surface area contributed by atoms with Crippen LogP contribution in [0.25, 0.3) is 0 Å². The van der Waals surface area contributed by atoms with Gasteiger partial charge in [-0.1, -0.05) is 0 Å². The highest BCUT2D eigenvalue weighted by Crippen LogP contribution is 2.38. The van der Waals surface area contributed by atoms with E-state index in [1.807, 2.05) is 12.1 Å². The molecule has 7 nitrogen and oxygen atoms in total. The van der Waals surface area contributed by atoms with Gasteiger partial charge in [0.15, 0.2) is 0 Å². The van der Waals surface area contributed by atoms with Crippen LogP contribution < -0.4 is 10.9 Å². The fourth-order valence-corrected chi connectivity index (χ4v) is 3.78. The molecular formula is C18H21N5O2. The molecule has 2 fully saturated rings. The Hall–Kier alpha value is -2.28. The lowest BCUT2D eigenvalue weighted by atomic mass is 10.1. The van der Waals surface area contributed by atoms with Crippen molar-refractivity contribution >= 4 is 5.82 Å². The van der Waals surface area contributed by atoms with E-state index in [1.165, 1.54) is 12.8 Å². The third kappa shape index (κ3) is 2.82. The number of aromatic nitrogens is 4. The third-order valence-electron chi connectivity index (χ3n) is 5.36. The topological polar surface area (TPSA) is 81.9 Å². The Morgan fingerprint density at radius 2 is 2.08 bits per heavy atom. The minimum Gasteiger partial charge on any atom is -0.377 e. The summed E-state index contributed by atoms with van der Waals surface area (Å²) in [6.45, 7) is 1.01. The highest BCUT2D eigenvalue weighted by molar-refractivity contribution is 5.36. The van der Waals surface area contributed by atoms with Crippen LogP contribution in [0.5, 0.6) is 0 Å². The summed E-state index contributed by atoms with van der Waals surface area (Å²) in [7, 11) is 0. The van der Waals surface area contributed by atoms with Crippen LogP contribution in [0.2, 0.25) is 0 Å². The largest absolute Gasteiger partial charge is 0.377 e. The van der Waals surface area contributed by atoms with Crippen LogP contribution in [0.4, 0.5) is 5.82 Å². The fraction of sp³-hybridized carbons (Fsp3) is 0.556. The van der Waals surface area contributed by atoms with Crippen molar-refractivity contribution < 1.29 is 4.74 Å². The van der Waals surface area contributed by atoms with Crippen LogP contribution in [0.15, 0.2) is 23.0 Å². The van der Waals surface area contributed by atoms with Gasteiger partial charge >= 0.3 is 0 Å². The third-order valence-corrected chi connectivity index (χ3v) is 5.36. The molecule has 0 amide bonds.